The van der Waals surface area contributed by atoms with Crippen LogP contribution in [-0.2, 0) is 0 Å². The molecule has 0 unspecified atom stereocenters. The first-order chi connectivity index (χ1) is 11.3. The molecule has 23 heavy (non-hydrogen) atoms. The quantitative estimate of drug-likeness (QED) is 0.208. The van der Waals surface area contributed by atoms with Crippen molar-refractivity contribution in [1.29, 1.82) is 0 Å². The van der Waals surface area contributed by atoms with Gasteiger partial charge < -0.3 is 0 Å². The Morgan fingerprint density at radius 2 is 0.696 bits per heavy atom. The maximum atomic E-state index is 2.34. The SMILES string of the molecule is CCCCCCCCCCCCCCCCC(CCC)CCC. The molecule has 0 aliphatic heterocycles. The zero-order valence-electron chi connectivity index (χ0n) is 17.0. The van der Waals surface area contributed by atoms with Gasteiger partial charge >= 0.3 is 0 Å². The second-order valence-electron chi connectivity index (χ2n) is 7.83. The van der Waals surface area contributed by atoms with Crippen LogP contribution in [0.15, 0.2) is 0 Å². The zero-order valence-corrected chi connectivity index (χ0v) is 17.0. The van der Waals surface area contributed by atoms with Crippen LogP contribution < -0.4 is 0 Å². The van der Waals surface area contributed by atoms with E-state index in [1.807, 2.05) is 0 Å². The Hall–Kier alpha value is 0. The van der Waals surface area contributed by atoms with Crippen molar-refractivity contribution in [2.24, 2.45) is 5.92 Å². The van der Waals surface area contributed by atoms with Crippen molar-refractivity contribution in [2.45, 2.75) is 143 Å². The van der Waals surface area contributed by atoms with Gasteiger partial charge in [0.25, 0.3) is 0 Å². The Kier molecular flexibility index (Phi) is 20.0. The van der Waals surface area contributed by atoms with E-state index < -0.39 is 0 Å². The van der Waals surface area contributed by atoms with Crippen LogP contribution in [0.1, 0.15) is 143 Å². The van der Waals surface area contributed by atoms with E-state index >= 15 is 0 Å². The summed E-state index contributed by atoms with van der Waals surface area (Å²) in [7, 11) is 0. The second-order valence-corrected chi connectivity index (χ2v) is 7.83. The summed E-state index contributed by atoms with van der Waals surface area (Å²) in [6.07, 6.45) is 27.8. The first kappa shape index (κ1) is 23.0. The van der Waals surface area contributed by atoms with E-state index in [1.165, 1.54) is 122 Å². The minimum Gasteiger partial charge on any atom is -0.0654 e. The fourth-order valence-corrected chi connectivity index (χ4v) is 3.88. The van der Waals surface area contributed by atoms with E-state index in [0.717, 1.165) is 5.92 Å². The minimum atomic E-state index is 1.03. The first-order valence-electron chi connectivity index (χ1n) is 11.3. The van der Waals surface area contributed by atoms with Gasteiger partial charge in [0.15, 0.2) is 0 Å². The molecule has 0 N–H and O–H groups in total. The molecule has 0 fully saturated rings. The normalized spacial score (nSPS) is 11.5. The first-order valence-corrected chi connectivity index (χ1v) is 11.3. The Labute approximate surface area is 149 Å². The Balaban J connectivity index is 3.15. The summed E-state index contributed by atoms with van der Waals surface area (Å²) in [5.74, 6) is 1.03. The average Bonchev–Trinajstić information content (AvgIpc) is 2.55. The molecule has 0 nitrogen and oxygen atoms in total. The van der Waals surface area contributed by atoms with Crippen molar-refractivity contribution in [3.05, 3.63) is 0 Å². The summed E-state index contributed by atoms with van der Waals surface area (Å²) < 4.78 is 0. The van der Waals surface area contributed by atoms with E-state index in [-0.39, 0.29) is 0 Å². The number of unbranched alkanes of at least 4 members (excludes halogenated alkanes) is 13. The lowest BCUT2D eigenvalue weighted by Crippen LogP contribution is -1.99. The highest BCUT2D eigenvalue weighted by molar-refractivity contribution is 4.59. The Bertz CT molecular complexity index is 190. The van der Waals surface area contributed by atoms with Crippen LogP contribution in [0.25, 0.3) is 0 Å². The van der Waals surface area contributed by atoms with Gasteiger partial charge in [-0.25, -0.2) is 0 Å². The summed E-state index contributed by atoms with van der Waals surface area (Å²) >= 11 is 0. The Morgan fingerprint density at radius 1 is 0.348 bits per heavy atom. The third kappa shape index (κ3) is 18.2. The number of hydrogen-bond donors (Lipinski definition) is 0. The lowest BCUT2D eigenvalue weighted by atomic mass is 9.92. The molecule has 0 saturated heterocycles. The van der Waals surface area contributed by atoms with Crippen LogP contribution in [0.4, 0.5) is 0 Å². The standard InChI is InChI=1S/C23H48/c1-4-7-8-9-10-11-12-13-14-15-16-17-18-19-22-23(20-5-2)21-6-3/h23H,4-22H2,1-3H3. The van der Waals surface area contributed by atoms with Gasteiger partial charge in [-0.3, -0.25) is 0 Å². The van der Waals surface area contributed by atoms with Crippen LogP contribution >= 0.6 is 0 Å². The molecule has 140 valence electrons. The van der Waals surface area contributed by atoms with Crippen molar-refractivity contribution in [3.63, 3.8) is 0 Å². The van der Waals surface area contributed by atoms with E-state index in [9.17, 15) is 0 Å². The summed E-state index contributed by atoms with van der Waals surface area (Å²) in [6, 6.07) is 0. The van der Waals surface area contributed by atoms with Gasteiger partial charge in [-0.15, -0.1) is 0 Å². The van der Waals surface area contributed by atoms with Crippen LogP contribution in [0.3, 0.4) is 0 Å². The summed E-state index contributed by atoms with van der Waals surface area (Å²) in [6.45, 7) is 6.98. The molecule has 0 aliphatic rings. The molecule has 0 aromatic carbocycles. The van der Waals surface area contributed by atoms with E-state index in [4.69, 9.17) is 0 Å². The highest BCUT2D eigenvalue weighted by Gasteiger charge is 2.05. The predicted molar refractivity (Wildman–Crippen MR) is 108 cm³/mol. The molecule has 0 aromatic heterocycles. The van der Waals surface area contributed by atoms with Crippen molar-refractivity contribution < 1.29 is 0 Å². The van der Waals surface area contributed by atoms with Gasteiger partial charge in [-0.1, -0.05) is 143 Å². The molecule has 0 atom stereocenters. The number of hydrogen-bond acceptors (Lipinski definition) is 0. The van der Waals surface area contributed by atoms with Gasteiger partial charge in [0.05, 0.1) is 0 Å². The van der Waals surface area contributed by atoms with Gasteiger partial charge in [-0.05, 0) is 5.92 Å². The molecule has 0 aliphatic carbocycles. The fraction of sp³-hybridized carbons (Fsp3) is 1.00. The van der Waals surface area contributed by atoms with Crippen molar-refractivity contribution in [3.8, 4) is 0 Å². The maximum Gasteiger partial charge on any atom is -0.0414 e. The van der Waals surface area contributed by atoms with Gasteiger partial charge in [0.2, 0.25) is 0 Å². The molecule has 0 saturated carbocycles. The largest absolute Gasteiger partial charge is 0.0654 e. The van der Waals surface area contributed by atoms with E-state index in [0.29, 0.717) is 0 Å². The van der Waals surface area contributed by atoms with Crippen molar-refractivity contribution in [2.75, 3.05) is 0 Å². The van der Waals surface area contributed by atoms with Crippen molar-refractivity contribution in [1.82, 2.24) is 0 Å². The minimum absolute atomic E-state index is 1.03. The molecule has 0 aromatic rings. The highest BCUT2D eigenvalue weighted by atomic mass is 14.1. The maximum absolute atomic E-state index is 2.34. The molecule has 0 spiro atoms. The lowest BCUT2D eigenvalue weighted by Gasteiger charge is -2.14. The van der Waals surface area contributed by atoms with E-state index in [2.05, 4.69) is 20.8 Å². The van der Waals surface area contributed by atoms with Crippen LogP contribution in [-0.4, -0.2) is 0 Å². The van der Waals surface area contributed by atoms with Gasteiger partial charge in [0.1, 0.15) is 0 Å². The summed E-state index contributed by atoms with van der Waals surface area (Å²) in [4.78, 5) is 0. The monoisotopic (exact) mass is 324 g/mol. The molecule has 0 heterocycles. The molecule has 0 bridgehead atoms. The predicted octanol–water partition coefficient (Wildman–Crippen LogP) is 9.07. The topological polar surface area (TPSA) is 0 Å². The van der Waals surface area contributed by atoms with E-state index in [1.54, 1.807) is 0 Å². The smallest absolute Gasteiger partial charge is 0.0414 e. The van der Waals surface area contributed by atoms with Crippen LogP contribution in [0.2, 0.25) is 0 Å². The summed E-state index contributed by atoms with van der Waals surface area (Å²) in [5.41, 5.74) is 0. The molecular formula is C23H48. The number of rotatable bonds is 19. The molecule has 0 radical (unpaired) electrons. The van der Waals surface area contributed by atoms with Crippen molar-refractivity contribution >= 4 is 0 Å². The van der Waals surface area contributed by atoms with Gasteiger partial charge in [-0.2, -0.15) is 0 Å². The average molecular weight is 325 g/mol. The molecule has 0 amide bonds. The lowest BCUT2D eigenvalue weighted by molar-refractivity contribution is 0.390. The molecular weight excluding hydrogens is 276 g/mol. The third-order valence-electron chi connectivity index (χ3n) is 5.36. The van der Waals surface area contributed by atoms with Crippen LogP contribution in [0, 0.1) is 5.92 Å². The fourth-order valence-electron chi connectivity index (χ4n) is 3.88. The zero-order chi connectivity index (χ0) is 17.0. The second kappa shape index (κ2) is 20.0. The molecule has 0 heteroatoms. The van der Waals surface area contributed by atoms with Crippen LogP contribution in [0.5, 0.6) is 0 Å². The third-order valence-corrected chi connectivity index (χ3v) is 5.36. The Morgan fingerprint density at radius 3 is 1.04 bits per heavy atom. The molecule has 0 rings (SSSR count). The summed E-state index contributed by atoms with van der Waals surface area (Å²) in [5, 5.41) is 0. The van der Waals surface area contributed by atoms with Gasteiger partial charge in [0, 0.05) is 0 Å². The highest BCUT2D eigenvalue weighted by Crippen LogP contribution is 2.21.